The minimum atomic E-state index is -0.463. The zero-order valence-corrected chi connectivity index (χ0v) is 12.6. The van der Waals surface area contributed by atoms with Crippen molar-refractivity contribution in [1.82, 2.24) is 10.2 Å². The molecule has 0 heterocycles. The van der Waals surface area contributed by atoms with Crippen LogP contribution in [-0.4, -0.2) is 35.8 Å². The van der Waals surface area contributed by atoms with Crippen molar-refractivity contribution in [2.24, 2.45) is 5.73 Å². The molecule has 0 aliphatic rings. The van der Waals surface area contributed by atoms with Crippen LogP contribution in [0.5, 0.6) is 0 Å². The fourth-order valence-corrected chi connectivity index (χ4v) is 1.96. The summed E-state index contributed by atoms with van der Waals surface area (Å²) >= 11 is 0. The van der Waals surface area contributed by atoms with Crippen LogP contribution in [0.2, 0.25) is 0 Å². The third-order valence-electron chi connectivity index (χ3n) is 3.12. The van der Waals surface area contributed by atoms with Crippen LogP contribution in [0.3, 0.4) is 0 Å². The van der Waals surface area contributed by atoms with Crippen LogP contribution in [0.15, 0.2) is 24.3 Å². The maximum Gasteiger partial charge on any atom is 0.234 e. The monoisotopic (exact) mass is 292 g/mol. The van der Waals surface area contributed by atoms with Gasteiger partial charge in [-0.15, -0.1) is 0 Å². The van der Waals surface area contributed by atoms with Crippen molar-refractivity contribution in [3.05, 3.63) is 29.8 Å². The summed E-state index contributed by atoms with van der Waals surface area (Å²) in [5.74, 6) is -0.579. The van der Waals surface area contributed by atoms with Crippen LogP contribution in [0, 0.1) is 0 Å². The van der Waals surface area contributed by atoms with E-state index in [0.717, 1.165) is 12.0 Å². The molecule has 1 aromatic carbocycles. The number of benzene rings is 1. The van der Waals surface area contributed by atoms with E-state index in [2.05, 4.69) is 5.32 Å². The molecule has 21 heavy (non-hydrogen) atoms. The SMILES string of the molecule is CCC(C)NC(=O)CN(CC(N)=O)Cc1cccc(N)c1. The molecule has 0 aromatic heterocycles. The Kier molecular flexibility index (Phi) is 6.68. The van der Waals surface area contributed by atoms with Crippen molar-refractivity contribution in [2.75, 3.05) is 18.8 Å². The van der Waals surface area contributed by atoms with E-state index in [1.165, 1.54) is 0 Å². The van der Waals surface area contributed by atoms with E-state index in [4.69, 9.17) is 11.5 Å². The van der Waals surface area contributed by atoms with Crippen molar-refractivity contribution >= 4 is 17.5 Å². The molecule has 0 radical (unpaired) electrons. The minimum Gasteiger partial charge on any atom is -0.399 e. The zero-order chi connectivity index (χ0) is 15.8. The van der Waals surface area contributed by atoms with E-state index in [9.17, 15) is 9.59 Å². The van der Waals surface area contributed by atoms with Gasteiger partial charge in [0.2, 0.25) is 11.8 Å². The van der Waals surface area contributed by atoms with Crippen LogP contribution in [-0.2, 0) is 16.1 Å². The first-order chi connectivity index (χ1) is 9.90. The van der Waals surface area contributed by atoms with Gasteiger partial charge < -0.3 is 16.8 Å². The third-order valence-corrected chi connectivity index (χ3v) is 3.12. The summed E-state index contributed by atoms with van der Waals surface area (Å²) in [5.41, 5.74) is 12.6. The second-order valence-corrected chi connectivity index (χ2v) is 5.23. The summed E-state index contributed by atoms with van der Waals surface area (Å²) in [6.07, 6.45) is 0.858. The molecule has 0 bridgehead atoms. The first kappa shape index (κ1) is 17.0. The highest BCUT2D eigenvalue weighted by molar-refractivity contribution is 5.80. The average molecular weight is 292 g/mol. The Hall–Kier alpha value is -2.08. The summed E-state index contributed by atoms with van der Waals surface area (Å²) < 4.78 is 0. The molecule has 0 saturated heterocycles. The number of hydrogen-bond donors (Lipinski definition) is 3. The quantitative estimate of drug-likeness (QED) is 0.606. The Morgan fingerprint density at radius 3 is 2.62 bits per heavy atom. The fraction of sp³-hybridized carbons (Fsp3) is 0.467. The summed E-state index contributed by atoms with van der Waals surface area (Å²) in [6.45, 7) is 4.54. The van der Waals surface area contributed by atoms with E-state index in [0.29, 0.717) is 12.2 Å². The number of nitrogen functional groups attached to an aromatic ring is 1. The predicted octanol–water partition coefficient (Wildman–Crippen LogP) is 0.471. The molecule has 0 saturated carbocycles. The van der Waals surface area contributed by atoms with E-state index in [1.54, 1.807) is 11.0 Å². The van der Waals surface area contributed by atoms with E-state index in [1.807, 2.05) is 32.0 Å². The van der Waals surface area contributed by atoms with Gasteiger partial charge in [0.15, 0.2) is 0 Å². The minimum absolute atomic E-state index is 0.0305. The number of carbonyl (C=O) groups is 2. The summed E-state index contributed by atoms with van der Waals surface area (Å²) in [4.78, 5) is 24.8. The highest BCUT2D eigenvalue weighted by atomic mass is 16.2. The van der Waals surface area contributed by atoms with Gasteiger partial charge in [-0.05, 0) is 31.0 Å². The van der Waals surface area contributed by atoms with E-state index in [-0.39, 0.29) is 25.0 Å². The lowest BCUT2D eigenvalue weighted by Crippen LogP contribution is -2.43. The molecule has 0 aliphatic carbocycles. The van der Waals surface area contributed by atoms with Gasteiger partial charge in [0.25, 0.3) is 0 Å². The average Bonchev–Trinajstić information content (AvgIpc) is 2.37. The van der Waals surface area contributed by atoms with Gasteiger partial charge in [0.05, 0.1) is 13.1 Å². The smallest absolute Gasteiger partial charge is 0.234 e. The number of nitrogens with two attached hydrogens (primary N) is 2. The molecule has 1 unspecified atom stereocenters. The van der Waals surface area contributed by atoms with Crippen LogP contribution in [0.1, 0.15) is 25.8 Å². The topological polar surface area (TPSA) is 101 Å². The van der Waals surface area contributed by atoms with Crippen molar-refractivity contribution in [1.29, 1.82) is 0 Å². The molecule has 0 aliphatic heterocycles. The highest BCUT2D eigenvalue weighted by Gasteiger charge is 2.15. The van der Waals surface area contributed by atoms with Crippen LogP contribution in [0.25, 0.3) is 0 Å². The number of nitrogens with zero attached hydrogens (tertiary/aromatic N) is 1. The van der Waals surface area contributed by atoms with Gasteiger partial charge in [0, 0.05) is 18.3 Å². The number of nitrogens with one attached hydrogen (secondary N) is 1. The molecule has 1 rings (SSSR count). The second-order valence-electron chi connectivity index (χ2n) is 5.23. The van der Waals surface area contributed by atoms with Gasteiger partial charge >= 0.3 is 0 Å². The predicted molar refractivity (Wildman–Crippen MR) is 83.2 cm³/mol. The summed E-state index contributed by atoms with van der Waals surface area (Å²) in [6, 6.07) is 7.46. The molecule has 0 fully saturated rings. The molecule has 2 amide bonds. The molecule has 6 nitrogen and oxygen atoms in total. The van der Waals surface area contributed by atoms with Crippen LogP contribution in [0.4, 0.5) is 5.69 Å². The number of carbonyl (C=O) groups excluding carboxylic acids is 2. The van der Waals surface area contributed by atoms with Crippen molar-refractivity contribution in [3.63, 3.8) is 0 Å². The molecule has 116 valence electrons. The lowest BCUT2D eigenvalue weighted by Gasteiger charge is -2.21. The Labute approximate surface area is 125 Å². The molecular formula is C15H24N4O2. The van der Waals surface area contributed by atoms with Crippen LogP contribution < -0.4 is 16.8 Å². The van der Waals surface area contributed by atoms with Crippen molar-refractivity contribution in [2.45, 2.75) is 32.9 Å². The Morgan fingerprint density at radius 2 is 2.05 bits per heavy atom. The summed E-state index contributed by atoms with van der Waals surface area (Å²) in [7, 11) is 0. The molecule has 5 N–H and O–H groups in total. The number of hydrogen-bond acceptors (Lipinski definition) is 4. The number of amides is 2. The van der Waals surface area contributed by atoms with Gasteiger partial charge in [0.1, 0.15) is 0 Å². The number of rotatable bonds is 8. The Balaban J connectivity index is 2.67. The zero-order valence-electron chi connectivity index (χ0n) is 12.6. The van der Waals surface area contributed by atoms with Crippen molar-refractivity contribution in [3.8, 4) is 0 Å². The van der Waals surface area contributed by atoms with E-state index >= 15 is 0 Å². The summed E-state index contributed by atoms with van der Waals surface area (Å²) in [5, 5.41) is 2.87. The van der Waals surface area contributed by atoms with Gasteiger partial charge in [-0.1, -0.05) is 19.1 Å². The largest absolute Gasteiger partial charge is 0.399 e. The van der Waals surface area contributed by atoms with Crippen LogP contribution >= 0.6 is 0 Å². The van der Waals surface area contributed by atoms with E-state index < -0.39 is 5.91 Å². The molecule has 0 spiro atoms. The standard InChI is InChI=1S/C15H24N4O2/c1-3-11(2)18-15(21)10-19(9-14(17)20)8-12-5-4-6-13(16)7-12/h4-7,11H,3,8-10,16H2,1-2H3,(H2,17,20)(H,18,21). The second kappa shape index (κ2) is 8.26. The lowest BCUT2D eigenvalue weighted by molar-refractivity contribution is -0.124. The Bertz CT molecular complexity index is 490. The van der Waals surface area contributed by atoms with Gasteiger partial charge in [-0.25, -0.2) is 0 Å². The maximum atomic E-state index is 11.9. The van der Waals surface area contributed by atoms with Gasteiger partial charge in [-0.2, -0.15) is 0 Å². The highest BCUT2D eigenvalue weighted by Crippen LogP contribution is 2.09. The van der Waals surface area contributed by atoms with Crippen molar-refractivity contribution < 1.29 is 9.59 Å². The number of primary amides is 1. The van der Waals surface area contributed by atoms with Gasteiger partial charge in [-0.3, -0.25) is 14.5 Å². The molecule has 1 aromatic rings. The number of anilines is 1. The lowest BCUT2D eigenvalue weighted by atomic mass is 10.2. The molecular weight excluding hydrogens is 268 g/mol. The molecule has 1 atom stereocenters. The fourth-order valence-electron chi connectivity index (χ4n) is 1.96. The normalized spacial score (nSPS) is 12.1. The molecule has 6 heteroatoms. The third kappa shape index (κ3) is 6.76. The Morgan fingerprint density at radius 1 is 1.33 bits per heavy atom. The maximum absolute atomic E-state index is 11.9. The first-order valence-electron chi connectivity index (χ1n) is 7.05. The first-order valence-corrected chi connectivity index (χ1v) is 7.05.